The lowest BCUT2D eigenvalue weighted by molar-refractivity contribution is -0.114. The van der Waals surface area contributed by atoms with E-state index < -0.39 is 5.82 Å². The number of para-hydroxylation sites is 1. The molecule has 0 aliphatic rings. The third kappa shape index (κ3) is 4.21. The van der Waals surface area contributed by atoms with Crippen LogP contribution in [0.2, 0.25) is 0 Å². The second-order valence-electron chi connectivity index (χ2n) is 4.60. The molecule has 110 valence electrons. The molecule has 0 bridgehead atoms. The molecule has 0 fully saturated rings. The fraction of sp³-hybridized carbons (Fsp3) is 0.188. The van der Waals surface area contributed by atoms with Gasteiger partial charge in [-0.3, -0.25) is 4.79 Å². The summed E-state index contributed by atoms with van der Waals surface area (Å²) in [5.41, 5.74) is 2.24. The van der Waals surface area contributed by atoms with E-state index in [-0.39, 0.29) is 12.5 Å². The van der Waals surface area contributed by atoms with Crippen LogP contribution in [0.5, 0.6) is 5.75 Å². The van der Waals surface area contributed by atoms with Crippen LogP contribution in [0, 0.1) is 12.7 Å². The van der Waals surface area contributed by atoms with Gasteiger partial charge in [0.1, 0.15) is 11.6 Å². The molecule has 0 heterocycles. The molecule has 5 heteroatoms. The van der Waals surface area contributed by atoms with Crippen LogP contribution < -0.4 is 15.4 Å². The smallest absolute Gasteiger partial charge is 0.243 e. The van der Waals surface area contributed by atoms with Gasteiger partial charge >= 0.3 is 0 Å². The van der Waals surface area contributed by atoms with Gasteiger partial charge in [0.15, 0.2) is 0 Å². The first-order chi connectivity index (χ1) is 10.1. The largest absolute Gasteiger partial charge is 0.497 e. The topological polar surface area (TPSA) is 50.4 Å². The molecule has 0 spiro atoms. The fourth-order valence-electron chi connectivity index (χ4n) is 1.87. The van der Waals surface area contributed by atoms with E-state index in [4.69, 9.17) is 4.74 Å². The molecule has 0 unspecified atom stereocenters. The highest BCUT2D eigenvalue weighted by atomic mass is 19.1. The molecule has 4 nitrogen and oxygen atoms in total. The van der Waals surface area contributed by atoms with Gasteiger partial charge in [-0.25, -0.2) is 4.39 Å². The minimum atomic E-state index is -0.420. The average Bonchev–Trinajstić information content (AvgIpc) is 2.47. The molecule has 0 aliphatic heterocycles. The normalized spacial score (nSPS) is 10.0. The minimum Gasteiger partial charge on any atom is -0.497 e. The standard InChI is InChI=1S/C16H17FN2O2/c1-11-5-3-4-6-15(11)19-16(20)10-18-13-7-12(17)8-14(9-13)21-2/h3-9,18H,10H2,1-2H3,(H,19,20). The lowest BCUT2D eigenvalue weighted by atomic mass is 10.2. The molecule has 2 aromatic rings. The van der Waals surface area contributed by atoms with Gasteiger partial charge in [-0.1, -0.05) is 18.2 Å². The number of rotatable bonds is 5. The highest BCUT2D eigenvalue weighted by Gasteiger charge is 2.06. The second kappa shape index (κ2) is 6.74. The third-order valence-corrected chi connectivity index (χ3v) is 2.98. The molecule has 0 atom stereocenters. The first-order valence-electron chi connectivity index (χ1n) is 6.52. The summed E-state index contributed by atoms with van der Waals surface area (Å²) >= 11 is 0. The van der Waals surface area contributed by atoms with Crippen molar-refractivity contribution in [3.8, 4) is 5.75 Å². The first-order valence-corrected chi connectivity index (χ1v) is 6.52. The Morgan fingerprint density at radius 1 is 1.24 bits per heavy atom. The number of carbonyl (C=O) groups is 1. The van der Waals surface area contributed by atoms with Crippen LogP contribution in [-0.2, 0) is 4.79 Å². The Hall–Kier alpha value is -2.56. The molecule has 21 heavy (non-hydrogen) atoms. The van der Waals surface area contributed by atoms with Crippen LogP contribution in [0.3, 0.4) is 0 Å². The summed E-state index contributed by atoms with van der Waals surface area (Å²) in [5, 5.41) is 5.66. The SMILES string of the molecule is COc1cc(F)cc(NCC(=O)Nc2ccccc2C)c1. The van der Waals surface area contributed by atoms with Crippen LogP contribution in [0.4, 0.5) is 15.8 Å². The lowest BCUT2D eigenvalue weighted by Gasteiger charge is -2.10. The van der Waals surface area contributed by atoms with E-state index in [1.807, 2.05) is 31.2 Å². The number of benzene rings is 2. The summed E-state index contributed by atoms with van der Waals surface area (Å²) in [5.74, 6) is -0.222. The number of anilines is 2. The van der Waals surface area contributed by atoms with Gasteiger partial charge in [0, 0.05) is 23.5 Å². The maximum atomic E-state index is 13.3. The molecule has 2 N–H and O–H groups in total. The summed E-state index contributed by atoms with van der Waals surface area (Å²) in [7, 11) is 1.46. The van der Waals surface area contributed by atoms with Crippen molar-refractivity contribution >= 4 is 17.3 Å². The number of halogens is 1. The highest BCUT2D eigenvalue weighted by molar-refractivity contribution is 5.94. The zero-order chi connectivity index (χ0) is 15.2. The first kappa shape index (κ1) is 14.8. The van der Waals surface area contributed by atoms with Crippen molar-refractivity contribution in [2.45, 2.75) is 6.92 Å². The van der Waals surface area contributed by atoms with Gasteiger partial charge in [0.05, 0.1) is 13.7 Å². The van der Waals surface area contributed by atoms with E-state index in [1.54, 1.807) is 6.07 Å². The fourth-order valence-corrected chi connectivity index (χ4v) is 1.87. The summed E-state index contributed by atoms with van der Waals surface area (Å²) < 4.78 is 18.3. The van der Waals surface area contributed by atoms with Gasteiger partial charge in [0.25, 0.3) is 0 Å². The molecule has 0 saturated carbocycles. The zero-order valence-electron chi connectivity index (χ0n) is 11.9. The van der Waals surface area contributed by atoms with Gasteiger partial charge in [0.2, 0.25) is 5.91 Å². The number of methoxy groups -OCH3 is 1. The molecule has 0 aliphatic carbocycles. The lowest BCUT2D eigenvalue weighted by Crippen LogP contribution is -2.22. The molecule has 1 amide bonds. The quantitative estimate of drug-likeness (QED) is 0.888. The molecular formula is C16H17FN2O2. The van der Waals surface area contributed by atoms with Gasteiger partial charge in [-0.15, -0.1) is 0 Å². The second-order valence-corrected chi connectivity index (χ2v) is 4.60. The van der Waals surface area contributed by atoms with E-state index in [2.05, 4.69) is 10.6 Å². The summed E-state index contributed by atoms with van der Waals surface area (Å²) in [6, 6.07) is 11.7. The number of amides is 1. The van der Waals surface area contributed by atoms with E-state index in [0.29, 0.717) is 11.4 Å². The zero-order valence-corrected chi connectivity index (χ0v) is 11.9. The monoisotopic (exact) mass is 288 g/mol. The number of hydrogen-bond acceptors (Lipinski definition) is 3. The highest BCUT2D eigenvalue weighted by Crippen LogP contribution is 2.19. The van der Waals surface area contributed by atoms with E-state index in [1.165, 1.54) is 19.2 Å². The number of ether oxygens (including phenoxy) is 1. The number of nitrogens with one attached hydrogen (secondary N) is 2. The molecule has 0 radical (unpaired) electrons. The Morgan fingerprint density at radius 2 is 2.00 bits per heavy atom. The molecule has 0 aromatic heterocycles. The van der Waals surface area contributed by atoms with Crippen LogP contribution in [-0.4, -0.2) is 19.6 Å². The number of hydrogen-bond donors (Lipinski definition) is 2. The maximum absolute atomic E-state index is 13.3. The van der Waals surface area contributed by atoms with Crippen molar-refractivity contribution in [2.75, 3.05) is 24.3 Å². The average molecular weight is 288 g/mol. The number of aryl methyl sites for hydroxylation is 1. The summed E-state index contributed by atoms with van der Waals surface area (Å²) in [6.07, 6.45) is 0. The molecular weight excluding hydrogens is 271 g/mol. The predicted molar refractivity (Wildman–Crippen MR) is 81.3 cm³/mol. The molecule has 2 aromatic carbocycles. The van der Waals surface area contributed by atoms with Crippen molar-refractivity contribution in [1.29, 1.82) is 0 Å². The van der Waals surface area contributed by atoms with Crippen LogP contribution in [0.25, 0.3) is 0 Å². The Labute approximate surface area is 122 Å². The summed E-state index contributed by atoms with van der Waals surface area (Å²) in [6.45, 7) is 1.96. The predicted octanol–water partition coefficient (Wildman–Crippen LogP) is 3.19. The van der Waals surface area contributed by atoms with Gasteiger partial charge in [-0.2, -0.15) is 0 Å². The van der Waals surface area contributed by atoms with Gasteiger partial charge < -0.3 is 15.4 Å². The Kier molecular flexibility index (Phi) is 4.77. The van der Waals surface area contributed by atoms with Crippen molar-refractivity contribution in [3.63, 3.8) is 0 Å². The van der Waals surface area contributed by atoms with Crippen molar-refractivity contribution in [3.05, 3.63) is 53.8 Å². The summed E-state index contributed by atoms with van der Waals surface area (Å²) in [4.78, 5) is 11.9. The van der Waals surface area contributed by atoms with Crippen LogP contribution in [0.15, 0.2) is 42.5 Å². The van der Waals surface area contributed by atoms with Crippen molar-refractivity contribution in [1.82, 2.24) is 0 Å². The Balaban J connectivity index is 1.95. The van der Waals surface area contributed by atoms with Gasteiger partial charge in [-0.05, 0) is 24.6 Å². The Bertz CT molecular complexity index is 644. The van der Waals surface area contributed by atoms with E-state index in [0.717, 1.165) is 11.3 Å². The van der Waals surface area contributed by atoms with Crippen molar-refractivity contribution < 1.29 is 13.9 Å². The minimum absolute atomic E-state index is 0.0426. The molecule has 0 saturated heterocycles. The van der Waals surface area contributed by atoms with E-state index >= 15 is 0 Å². The van der Waals surface area contributed by atoms with Crippen molar-refractivity contribution in [2.24, 2.45) is 0 Å². The maximum Gasteiger partial charge on any atom is 0.243 e. The van der Waals surface area contributed by atoms with Crippen LogP contribution >= 0.6 is 0 Å². The van der Waals surface area contributed by atoms with E-state index in [9.17, 15) is 9.18 Å². The Morgan fingerprint density at radius 3 is 2.71 bits per heavy atom. The van der Waals surface area contributed by atoms with Crippen LogP contribution in [0.1, 0.15) is 5.56 Å². The number of carbonyl (C=O) groups excluding carboxylic acids is 1. The third-order valence-electron chi connectivity index (χ3n) is 2.98. The molecule has 2 rings (SSSR count).